The molecule has 0 saturated carbocycles. The van der Waals surface area contributed by atoms with E-state index in [2.05, 4.69) is 9.71 Å². The van der Waals surface area contributed by atoms with E-state index in [9.17, 15) is 16.8 Å². The minimum absolute atomic E-state index is 0.000976. The van der Waals surface area contributed by atoms with Crippen LogP contribution in [-0.2, 0) is 19.9 Å². The molecule has 3 aromatic rings. The number of halogens is 1. The molecule has 0 aliphatic rings. The van der Waals surface area contributed by atoms with Gasteiger partial charge in [0.2, 0.25) is 10.0 Å². The maximum absolute atomic E-state index is 13.2. The first kappa shape index (κ1) is 20.5. The molecule has 1 atom stereocenters. The van der Waals surface area contributed by atoms with Crippen LogP contribution < -0.4 is 4.72 Å². The van der Waals surface area contributed by atoms with E-state index in [-0.39, 0.29) is 16.3 Å². The Balaban J connectivity index is 1.94. The molecule has 0 amide bonds. The molecule has 1 N–H and O–H groups in total. The second kappa shape index (κ2) is 8.40. The van der Waals surface area contributed by atoms with E-state index < -0.39 is 25.1 Å². The van der Waals surface area contributed by atoms with E-state index in [4.69, 9.17) is 11.6 Å². The maximum Gasteiger partial charge on any atom is 0.240 e. The predicted molar refractivity (Wildman–Crippen MR) is 107 cm³/mol. The predicted octanol–water partition coefficient (Wildman–Crippen LogP) is 3.23. The summed E-state index contributed by atoms with van der Waals surface area (Å²) >= 11 is 5.80. The Kier molecular flexibility index (Phi) is 6.14. The normalized spacial score (nSPS) is 13.2. The number of aromatic nitrogens is 1. The highest BCUT2D eigenvalue weighted by atomic mass is 35.5. The molecule has 3 rings (SSSR count). The summed E-state index contributed by atoms with van der Waals surface area (Å²) < 4.78 is 53.8. The SMILES string of the molecule is O=S(=O)(NC[C@H](c1cccnc1)S(=O)(=O)c1ccccc1)c1ccc(Cl)cc1. The van der Waals surface area contributed by atoms with Crippen LogP contribution in [0.3, 0.4) is 0 Å². The van der Waals surface area contributed by atoms with Crippen LogP contribution in [-0.4, -0.2) is 28.4 Å². The first-order valence-electron chi connectivity index (χ1n) is 8.25. The first-order valence-corrected chi connectivity index (χ1v) is 11.7. The summed E-state index contributed by atoms with van der Waals surface area (Å²) in [5.74, 6) is 0. The van der Waals surface area contributed by atoms with Gasteiger partial charge in [-0.25, -0.2) is 21.6 Å². The molecule has 0 fully saturated rings. The monoisotopic (exact) mass is 436 g/mol. The van der Waals surface area contributed by atoms with Gasteiger partial charge in [0.05, 0.1) is 9.79 Å². The Labute approximate surface area is 169 Å². The fourth-order valence-electron chi connectivity index (χ4n) is 2.63. The fraction of sp³-hybridized carbons (Fsp3) is 0.105. The molecule has 0 aliphatic carbocycles. The lowest BCUT2D eigenvalue weighted by Gasteiger charge is -2.19. The summed E-state index contributed by atoms with van der Waals surface area (Å²) in [5, 5.41) is -0.732. The third kappa shape index (κ3) is 4.59. The van der Waals surface area contributed by atoms with E-state index in [1.807, 2.05) is 0 Å². The standard InChI is InChI=1S/C19H17ClN2O4S2/c20-16-8-10-18(11-9-16)28(25,26)22-14-19(15-5-4-12-21-13-15)27(23,24)17-6-2-1-3-7-17/h1-13,19,22H,14H2/t19-/m1/s1. The van der Waals surface area contributed by atoms with Crippen molar-refractivity contribution in [1.29, 1.82) is 0 Å². The van der Waals surface area contributed by atoms with Crippen LogP contribution in [0, 0.1) is 0 Å². The summed E-state index contributed by atoms with van der Waals surface area (Å²) in [4.78, 5) is 4.07. The molecular formula is C19H17ClN2O4S2. The molecule has 0 radical (unpaired) electrons. The lowest BCUT2D eigenvalue weighted by Crippen LogP contribution is -2.32. The summed E-state index contributed by atoms with van der Waals surface area (Å²) in [5.41, 5.74) is 0.394. The topological polar surface area (TPSA) is 93.2 Å². The second-order valence-corrected chi connectivity index (χ2v) is 10.3. The lowest BCUT2D eigenvalue weighted by molar-refractivity contribution is 0.568. The van der Waals surface area contributed by atoms with Crippen LogP contribution in [0.4, 0.5) is 0 Å². The zero-order valence-corrected chi connectivity index (χ0v) is 17.0. The minimum atomic E-state index is -3.92. The summed E-state index contributed by atoms with van der Waals surface area (Å²) in [6.07, 6.45) is 2.94. The van der Waals surface area contributed by atoms with Gasteiger partial charge in [-0.3, -0.25) is 4.98 Å². The highest BCUT2D eigenvalue weighted by Gasteiger charge is 2.31. The Morgan fingerprint density at radius 2 is 1.54 bits per heavy atom. The van der Waals surface area contributed by atoms with Crippen LogP contribution in [0.2, 0.25) is 5.02 Å². The number of rotatable bonds is 7. The zero-order valence-electron chi connectivity index (χ0n) is 14.6. The Bertz CT molecular complexity index is 1140. The van der Waals surface area contributed by atoms with Crippen molar-refractivity contribution in [3.8, 4) is 0 Å². The molecule has 0 saturated heterocycles. The van der Waals surface area contributed by atoms with Crippen LogP contribution >= 0.6 is 11.6 Å². The third-order valence-corrected chi connectivity index (χ3v) is 7.89. The van der Waals surface area contributed by atoms with Gasteiger partial charge >= 0.3 is 0 Å². The summed E-state index contributed by atoms with van der Waals surface area (Å²) in [7, 11) is -7.77. The Hall–Kier alpha value is -2.26. The molecule has 9 heteroatoms. The van der Waals surface area contributed by atoms with Crippen molar-refractivity contribution in [2.24, 2.45) is 0 Å². The van der Waals surface area contributed by atoms with Crippen molar-refractivity contribution < 1.29 is 16.8 Å². The molecule has 0 unspecified atom stereocenters. The molecular weight excluding hydrogens is 420 g/mol. The lowest BCUT2D eigenvalue weighted by atomic mass is 10.2. The molecule has 1 heterocycles. The van der Waals surface area contributed by atoms with Gasteiger partial charge in [0, 0.05) is 24.0 Å². The average Bonchev–Trinajstić information content (AvgIpc) is 2.70. The van der Waals surface area contributed by atoms with Gasteiger partial charge in [-0.1, -0.05) is 35.9 Å². The maximum atomic E-state index is 13.2. The van der Waals surface area contributed by atoms with Crippen LogP contribution in [0.25, 0.3) is 0 Å². The second-order valence-electron chi connectivity index (χ2n) is 5.94. The van der Waals surface area contributed by atoms with Crippen molar-refractivity contribution in [3.05, 3.63) is 89.7 Å². The largest absolute Gasteiger partial charge is 0.264 e. The van der Waals surface area contributed by atoms with Gasteiger partial charge in [0.15, 0.2) is 9.84 Å². The van der Waals surface area contributed by atoms with Gasteiger partial charge < -0.3 is 0 Å². The molecule has 28 heavy (non-hydrogen) atoms. The van der Waals surface area contributed by atoms with E-state index in [1.165, 1.54) is 48.8 Å². The van der Waals surface area contributed by atoms with Gasteiger partial charge in [-0.05, 0) is 48.0 Å². The van der Waals surface area contributed by atoms with Crippen molar-refractivity contribution in [1.82, 2.24) is 9.71 Å². The molecule has 146 valence electrons. The quantitative estimate of drug-likeness (QED) is 0.613. The van der Waals surface area contributed by atoms with Gasteiger partial charge in [0.25, 0.3) is 0 Å². The zero-order chi connectivity index (χ0) is 20.2. The number of hydrogen-bond acceptors (Lipinski definition) is 5. The number of hydrogen-bond donors (Lipinski definition) is 1. The number of nitrogens with one attached hydrogen (secondary N) is 1. The molecule has 1 aromatic heterocycles. The summed E-state index contributed by atoms with van der Waals surface area (Å²) in [6.45, 7) is -0.339. The Morgan fingerprint density at radius 3 is 2.14 bits per heavy atom. The van der Waals surface area contributed by atoms with Crippen molar-refractivity contribution in [2.75, 3.05) is 6.54 Å². The molecule has 0 spiro atoms. The van der Waals surface area contributed by atoms with Gasteiger partial charge in [-0.2, -0.15) is 0 Å². The molecule has 0 bridgehead atoms. The molecule has 0 aliphatic heterocycles. The van der Waals surface area contributed by atoms with Gasteiger partial charge in [0.1, 0.15) is 5.25 Å². The third-order valence-electron chi connectivity index (χ3n) is 4.09. The van der Waals surface area contributed by atoms with Crippen molar-refractivity contribution >= 4 is 31.5 Å². The van der Waals surface area contributed by atoms with Crippen LogP contribution in [0.1, 0.15) is 10.8 Å². The smallest absolute Gasteiger partial charge is 0.240 e. The molecule has 6 nitrogen and oxygen atoms in total. The van der Waals surface area contributed by atoms with Crippen molar-refractivity contribution in [2.45, 2.75) is 15.0 Å². The fourth-order valence-corrected chi connectivity index (χ4v) is 5.57. The highest BCUT2D eigenvalue weighted by molar-refractivity contribution is 7.92. The number of sulfonamides is 1. The Morgan fingerprint density at radius 1 is 0.857 bits per heavy atom. The summed E-state index contributed by atoms with van der Waals surface area (Å²) in [6, 6.07) is 16.7. The van der Waals surface area contributed by atoms with E-state index in [0.29, 0.717) is 10.6 Å². The number of benzene rings is 2. The molecule has 2 aromatic carbocycles. The number of pyridine rings is 1. The number of nitrogens with zero attached hydrogens (tertiary/aromatic N) is 1. The van der Waals surface area contributed by atoms with Crippen molar-refractivity contribution in [3.63, 3.8) is 0 Å². The van der Waals surface area contributed by atoms with E-state index >= 15 is 0 Å². The average molecular weight is 437 g/mol. The van der Waals surface area contributed by atoms with Gasteiger partial charge in [-0.15, -0.1) is 0 Å². The van der Waals surface area contributed by atoms with E-state index in [1.54, 1.807) is 30.3 Å². The number of sulfone groups is 1. The van der Waals surface area contributed by atoms with Crippen LogP contribution in [0.5, 0.6) is 0 Å². The highest BCUT2D eigenvalue weighted by Crippen LogP contribution is 2.28. The first-order chi connectivity index (χ1) is 13.3. The van der Waals surface area contributed by atoms with E-state index in [0.717, 1.165) is 0 Å². The minimum Gasteiger partial charge on any atom is -0.264 e. The van der Waals surface area contributed by atoms with Crippen LogP contribution in [0.15, 0.2) is 88.9 Å².